The molecule has 74 valence electrons. The zero-order chi connectivity index (χ0) is 10.6. The van der Waals surface area contributed by atoms with Crippen molar-refractivity contribution < 1.29 is 19.4 Å². The van der Waals surface area contributed by atoms with Gasteiger partial charge in [0.05, 0.1) is 11.0 Å². The fraction of sp³-hybridized carbons (Fsp3) is 0.111. The van der Waals surface area contributed by atoms with E-state index in [1.165, 1.54) is 18.2 Å². The number of ether oxygens (including phenoxy) is 1. The minimum atomic E-state index is -1.33. The number of carbonyl (C=O) groups is 2. The smallest absolute Gasteiger partial charge is 0.150 e. The monoisotopic (exact) mass is 213 g/mol. The minimum Gasteiger partial charge on any atom is -0.546 e. The summed E-state index contributed by atoms with van der Waals surface area (Å²) >= 11 is 5.69. The Bertz CT molecular complexity index is 362. The van der Waals surface area contributed by atoms with E-state index in [4.69, 9.17) is 16.3 Å². The van der Waals surface area contributed by atoms with Crippen LogP contribution < -0.4 is 9.84 Å². The van der Waals surface area contributed by atoms with Crippen LogP contribution in [0.3, 0.4) is 0 Å². The molecule has 0 heterocycles. The number of carbonyl (C=O) groups excluding carboxylic acids is 2. The maximum absolute atomic E-state index is 10.3. The molecule has 4 nitrogen and oxygen atoms in total. The van der Waals surface area contributed by atoms with Crippen LogP contribution in [-0.2, 0) is 4.79 Å². The summed E-state index contributed by atoms with van der Waals surface area (Å²) in [5, 5.41) is 10.3. The second-order valence-electron chi connectivity index (χ2n) is 2.47. The number of aldehydes is 1. The number of halogens is 1. The standard InChI is InChI=1S/C9H7ClO4/c10-7-3-6(4-11)1-2-8(7)14-5-9(12)13/h1-4H,5H2,(H,12,13)/p-1. The van der Waals surface area contributed by atoms with Crippen molar-refractivity contribution >= 4 is 23.9 Å². The molecule has 0 aliphatic carbocycles. The van der Waals surface area contributed by atoms with E-state index in [9.17, 15) is 14.7 Å². The Kier molecular flexibility index (Phi) is 3.48. The summed E-state index contributed by atoms with van der Waals surface area (Å²) in [7, 11) is 0. The molecule has 0 fully saturated rings. The maximum Gasteiger partial charge on any atom is 0.150 e. The van der Waals surface area contributed by atoms with E-state index in [0.717, 1.165) is 0 Å². The summed E-state index contributed by atoms with van der Waals surface area (Å²) in [6, 6.07) is 4.29. The van der Waals surface area contributed by atoms with Crippen molar-refractivity contribution in [3.8, 4) is 5.75 Å². The Hall–Kier alpha value is -1.55. The normalized spacial score (nSPS) is 9.50. The first-order valence-electron chi connectivity index (χ1n) is 3.71. The summed E-state index contributed by atoms with van der Waals surface area (Å²) in [6.45, 7) is -0.569. The Labute approximate surface area is 85.1 Å². The zero-order valence-corrected chi connectivity index (χ0v) is 7.78. The second-order valence-corrected chi connectivity index (χ2v) is 2.88. The summed E-state index contributed by atoms with van der Waals surface area (Å²) < 4.78 is 4.79. The predicted octanol–water partition coefficient (Wildman–Crippen LogP) is 0.281. The molecule has 0 N–H and O–H groups in total. The van der Waals surface area contributed by atoms with Crippen LogP contribution in [0.5, 0.6) is 5.75 Å². The molecule has 14 heavy (non-hydrogen) atoms. The van der Waals surface area contributed by atoms with Crippen molar-refractivity contribution in [1.29, 1.82) is 0 Å². The Morgan fingerprint density at radius 1 is 1.57 bits per heavy atom. The van der Waals surface area contributed by atoms with Gasteiger partial charge in [-0.05, 0) is 18.2 Å². The number of hydrogen-bond acceptors (Lipinski definition) is 4. The lowest BCUT2D eigenvalue weighted by Crippen LogP contribution is -2.28. The zero-order valence-electron chi connectivity index (χ0n) is 7.03. The van der Waals surface area contributed by atoms with Gasteiger partial charge in [0.2, 0.25) is 0 Å². The first-order chi connectivity index (χ1) is 6.63. The van der Waals surface area contributed by atoms with Crippen LogP contribution in [0.1, 0.15) is 10.4 Å². The van der Waals surface area contributed by atoms with Crippen LogP contribution in [-0.4, -0.2) is 18.9 Å². The van der Waals surface area contributed by atoms with E-state index in [1.54, 1.807) is 0 Å². The summed E-state index contributed by atoms with van der Waals surface area (Å²) in [5.41, 5.74) is 0.399. The molecule has 0 aliphatic rings. The van der Waals surface area contributed by atoms with Gasteiger partial charge < -0.3 is 14.6 Å². The van der Waals surface area contributed by atoms with Crippen LogP contribution >= 0.6 is 11.6 Å². The molecule has 0 unspecified atom stereocenters. The molecule has 0 radical (unpaired) electrons. The number of rotatable bonds is 4. The van der Waals surface area contributed by atoms with Crippen molar-refractivity contribution in [2.75, 3.05) is 6.61 Å². The highest BCUT2D eigenvalue weighted by Crippen LogP contribution is 2.24. The third-order valence-electron chi connectivity index (χ3n) is 1.44. The SMILES string of the molecule is O=Cc1ccc(OCC(=O)[O-])c(Cl)c1. The molecule has 1 aromatic rings. The van der Waals surface area contributed by atoms with Gasteiger partial charge in [-0.25, -0.2) is 0 Å². The summed E-state index contributed by atoms with van der Waals surface area (Å²) in [4.78, 5) is 20.4. The maximum atomic E-state index is 10.3. The minimum absolute atomic E-state index is 0.191. The van der Waals surface area contributed by atoms with Gasteiger partial charge in [-0.3, -0.25) is 4.79 Å². The molecule has 0 spiro atoms. The highest BCUT2D eigenvalue weighted by molar-refractivity contribution is 6.32. The van der Waals surface area contributed by atoms with Gasteiger partial charge in [0.1, 0.15) is 18.6 Å². The fourth-order valence-electron chi connectivity index (χ4n) is 0.844. The van der Waals surface area contributed by atoms with Crippen LogP contribution in [0.2, 0.25) is 5.02 Å². The van der Waals surface area contributed by atoms with Crippen LogP contribution in [0.15, 0.2) is 18.2 Å². The van der Waals surface area contributed by atoms with Gasteiger partial charge in [0, 0.05) is 5.56 Å². The average molecular weight is 214 g/mol. The molecule has 0 aliphatic heterocycles. The number of hydrogen-bond donors (Lipinski definition) is 0. The van der Waals surface area contributed by atoms with E-state index >= 15 is 0 Å². The first kappa shape index (κ1) is 10.5. The van der Waals surface area contributed by atoms with E-state index in [0.29, 0.717) is 11.8 Å². The number of carboxylic acid groups (broad SMARTS) is 1. The van der Waals surface area contributed by atoms with Crippen LogP contribution in [0, 0.1) is 0 Å². The molecular formula is C9H6ClO4-. The third-order valence-corrected chi connectivity index (χ3v) is 1.73. The molecule has 0 atom stereocenters. The van der Waals surface area contributed by atoms with Gasteiger partial charge in [0.15, 0.2) is 0 Å². The van der Waals surface area contributed by atoms with Gasteiger partial charge >= 0.3 is 0 Å². The largest absolute Gasteiger partial charge is 0.546 e. The van der Waals surface area contributed by atoms with Gasteiger partial charge in [-0.2, -0.15) is 0 Å². The molecule has 0 saturated heterocycles. The van der Waals surface area contributed by atoms with E-state index in [-0.39, 0.29) is 10.8 Å². The van der Waals surface area contributed by atoms with Crippen molar-refractivity contribution in [2.45, 2.75) is 0 Å². The number of aliphatic carboxylic acids is 1. The topological polar surface area (TPSA) is 66.4 Å². The Morgan fingerprint density at radius 2 is 2.29 bits per heavy atom. The fourth-order valence-corrected chi connectivity index (χ4v) is 1.09. The number of carboxylic acids is 1. The lowest BCUT2D eigenvalue weighted by atomic mass is 10.2. The molecule has 0 saturated carbocycles. The van der Waals surface area contributed by atoms with E-state index in [2.05, 4.69) is 0 Å². The quantitative estimate of drug-likeness (QED) is 0.674. The van der Waals surface area contributed by atoms with Crippen molar-refractivity contribution in [1.82, 2.24) is 0 Å². The average Bonchev–Trinajstić information content (AvgIpc) is 2.15. The van der Waals surface area contributed by atoms with E-state index < -0.39 is 12.6 Å². The molecule has 1 rings (SSSR count). The second kappa shape index (κ2) is 4.62. The van der Waals surface area contributed by atoms with Crippen LogP contribution in [0.25, 0.3) is 0 Å². The summed E-state index contributed by atoms with van der Waals surface area (Å²) in [5.74, 6) is -1.12. The van der Waals surface area contributed by atoms with Crippen LogP contribution in [0.4, 0.5) is 0 Å². The van der Waals surface area contributed by atoms with Crippen molar-refractivity contribution in [2.24, 2.45) is 0 Å². The molecule has 0 aromatic heterocycles. The lowest BCUT2D eigenvalue weighted by molar-refractivity contribution is -0.307. The first-order valence-corrected chi connectivity index (χ1v) is 4.08. The molecule has 1 aromatic carbocycles. The van der Waals surface area contributed by atoms with E-state index in [1.807, 2.05) is 0 Å². The predicted molar refractivity (Wildman–Crippen MR) is 47.3 cm³/mol. The number of benzene rings is 1. The molecule has 0 amide bonds. The Balaban J connectivity index is 2.78. The highest BCUT2D eigenvalue weighted by atomic mass is 35.5. The van der Waals surface area contributed by atoms with Gasteiger partial charge in [-0.15, -0.1) is 0 Å². The molecule has 5 heteroatoms. The van der Waals surface area contributed by atoms with Gasteiger partial charge in [0.25, 0.3) is 0 Å². The van der Waals surface area contributed by atoms with Crippen molar-refractivity contribution in [3.63, 3.8) is 0 Å². The lowest BCUT2D eigenvalue weighted by Gasteiger charge is -2.08. The highest BCUT2D eigenvalue weighted by Gasteiger charge is 2.02. The molecular weight excluding hydrogens is 208 g/mol. The molecule has 0 bridgehead atoms. The van der Waals surface area contributed by atoms with Crippen molar-refractivity contribution in [3.05, 3.63) is 28.8 Å². The Morgan fingerprint density at radius 3 is 2.79 bits per heavy atom. The third kappa shape index (κ3) is 2.74. The van der Waals surface area contributed by atoms with Gasteiger partial charge in [-0.1, -0.05) is 11.6 Å². The summed E-state index contributed by atoms with van der Waals surface area (Å²) in [6.07, 6.45) is 0.633.